The summed E-state index contributed by atoms with van der Waals surface area (Å²) >= 11 is 1.41. The van der Waals surface area contributed by atoms with Crippen LogP contribution in [0.15, 0.2) is 64.9 Å². The second-order valence-corrected chi connectivity index (χ2v) is 7.06. The number of hydrogen-bond acceptors (Lipinski definition) is 5. The third-order valence-corrected chi connectivity index (χ3v) is 4.42. The Hall–Kier alpha value is -2.47. The highest BCUT2D eigenvalue weighted by molar-refractivity contribution is 8.16. The number of carbonyl (C=O) groups excluding carboxylic acids is 1. The molecule has 5 nitrogen and oxygen atoms in total. The maximum Gasteiger partial charge on any atom is 0.249 e. The summed E-state index contributed by atoms with van der Waals surface area (Å²) < 4.78 is -0.560. The number of pyridine rings is 1. The Morgan fingerprint density at radius 2 is 1.87 bits per heavy atom. The number of benzene rings is 1. The minimum Gasteiger partial charge on any atom is -0.272 e. The van der Waals surface area contributed by atoms with E-state index >= 15 is 0 Å². The van der Waals surface area contributed by atoms with E-state index in [-0.39, 0.29) is 5.91 Å². The number of aromatic nitrogens is 1. The molecular formula is C17H16N4OS. The predicted octanol–water partition coefficient (Wildman–Crippen LogP) is 3.33. The number of para-hydroxylation sites is 1. The van der Waals surface area contributed by atoms with Gasteiger partial charge in [0.05, 0.1) is 22.3 Å². The molecule has 23 heavy (non-hydrogen) atoms. The Morgan fingerprint density at radius 1 is 1.13 bits per heavy atom. The molecule has 2 heterocycles. The molecule has 2 aromatic rings. The number of amides is 1. The quantitative estimate of drug-likeness (QED) is 0.643. The highest BCUT2D eigenvalue weighted by atomic mass is 32.2. The fraction of sp³-hybridized carbons (Fsp3) is 0.176. The van der Waals surface area contributed by atoms with E-state index in [9.17, 15) is 4.79 Å². The van der Waals surface area contributed by atoms with Gasteiger partial charge in [-0.1, -0.05) is 36.0 Å². The van der Waals surface area contributed by atoms with Crippen molar-refractivity contribution in [3.8, 4) is 0 Å². The minimum atomic E-state index is -0.560. The molecule has 0 atom stereocenters. The molecule has 0 bridgehead atoms. The second kappa shape index (κ2) is 6.34. The van der Waals surface area contributed by atoms with Crippen LogP contribution in [0.4, 0.5) is 5.69 Å². The van der Waals surface area contributed by atoms with Gasteiger partial charge in [-0.2, -0.15) is 5.10 Å². The van der Waals surface area contributed by atoms with Crippen molar-refractivity contribution in [2.24, 2.45) is 10.2 Å². The van der Waals surface area contributed by atoms with E-state index in [1.54, 1.807) is 17.3 Å². The third kappa shape index (κ3) is 3.32. The lowest BCUT2D eigenvalue weighted by atomic mass is 10.1. The zero-order chi connectivity index (χ0) is 16.3. The average Bonchev–Trinajstić information content (AvgIpc) is 2.79. The van der Waals surface area contributed by atoms with E-state index in [1.807, 2.05) is 62.4 Å². The van der Waals surface area contributed by atoms with Gasteiger partial charge in [0, 0.05) is 6.20 Å². The molecule has 1 aromatic heterocycles. The molecule has 0 saturated carbocycles. The Bertz CT molecular complexity index is 757. The van der Waals surface area contributed by atoms with Crippen molar-refractivity contribution in [3.63, 3.8) is 0 Å². The van der Waals surface area contributed by atoms with Gasteiger partial charge in [-0.15, -0.1) is 5.10 Å². The molecule has 116 valence electrons. The van der Waals surface area contributed by atoms with Crippen LogP contribution in [0.1, 0.15) is 19.5 Å². The first kappa shape index (κ1) is 15.4. The lowest BCUT2D eigenvalue weighted by Crippen LogP contribution is -2.35. The molecule has 1 saturated heterocycles. The smallest absolute Gasteiger partial charge is 0.249 e. The molecule has 6 heteroatoms. The number of anilines is 1. The molecule has 1 aromatic carbocycles. The summed E-state index contributed by atoms with van der Waals surface area (Å²) in [6.07, 6.45) is 3.27. The first-order chi connectivity index (χ1) is 11.1. The summed E-state index contributed by atoms with van der Waals surface area (Å²) in [7, 11) is 0. The van der Waals surface area contributed by atoms with E-state index in [4.69, 9.17) is 0 Å². The zero-order valence-electron chi connectivity index (χ0n) is 12.9. The molecule has 0 N–H and O–H groups in total. The van der Waals surface area contributed by atoms with Crippen molar-refractivity contribution in [1.82, 2.24) is 4.98 Å². The predicted molar refractivity (Wildman–Crippen MR) is 94.9 cm³/mol. The normalized spacial score (nSPS) is 19.0. The van der Waals surface area contributed by atoms with Crippen molar-refractivity contribution in [1.29, 1.82) is 0 Å². The van der Waals surface area contributed by atoms with Crippen molar-refractivity contribution in [2.75, 3.05) is 4.90 Å². The molecule has 3 rings (SSSR count). The van der Waals surface area contributed by atoms with Crippen LogP contribution in [0.3, 0.4) is 0 Å². The fourth-order valence-corrected chi connectivity index (χ4v) is 3.14. The number of carbonyl (C=O) groups is 1. The van der Waals surface area contributed by atoms with Gasteiger partial charge in [-0.05, 0) is 38.1 Å². The molecule has 1 fully saturated rings. The van der Waals surface area contributed by atoms with E-state index in [0.717, 1.165) is 11.4 Å². The number of amidine groups is 1. The van der Waals surface area contributed by atoms with Crippen LogP contribution in [-0.4, -0.2) is 27.0 Å². The summed E-state index contributed by atoms with van der Waals surface area (Å²) in [5.74, 6) is 0.000450. The molecule has 1 aliphatic heterocycles. The average molecular weight is 324 g/mol. The first-order valence-corrected chi connectivity index (χ1v) is 8.00. The van der Waals surface area contributed by atoms with Crippen LogP contribution >= 0.6 is 11.8 Å². The lowest BCUT2D eigenvalue weighted by molar-refractivity contribution is -0.118. The lowest BCUT2D eigenvalue weighted by Gasteiger charge is -2.17. The van der Waals surface area contributed by atoms with Crippen LogP contribution in [0, 0.1) is 0 Å². The Morgan fingerprint density at radius 3 is 2.57 bits per heavy atom. The van der Waals surface area contributed by atoms with Crippen LogP contribution in [-0.2, 0) is 4.79 Å². The highest BCUT2D eigenvalue weighted by Gasteiger charge is 2.45. The second-order valence-electron chi connectivity index (χ2n) is 5.47. The van der Waals surface area contributed by atoms with Gasteiger partial charge in [0.1, 0.15) is 0 Å². The monoisotopic (exact) mass is 324 g/mol. The number of hydrogen-bond donors (Lipinski definition) is 0. The van der Waals surface area contributed by atoms with E-state index < -0.39 is 4.75 Å². The standard InChI is InChI=1S/C17H16N4OS/c1-17(2)15(22)21(14-9-4-3-5-10-14)16(23-17)20-19-12-13-8-6-7-11-18-13/h3-12H,1-2H3/b19-12+,20-16-. The summed E-state index contributed by atoms with van der Waals surface area (Å²) in [6.45, 7) is 3.78. The zero-order valence-corrected chi connectivity index (χ0v) is 13.7. The number of thioether (sulfide) groups is 1. The van der Waals surface area contributed by atoms with Gasteiger partial charge in [0.25, 0.3) is 0 Å². The molecule has 0 radical (unpaired) electrons. The van der Waals surface area contributed by atoms with E-state index in [0.29, 0.717) is 5.17 Å². The fourth-order valence-electron chi connectivity index (χ4n) is 2.13. The SMILES string of the molecule is CC1(C)S/C(=N\N=C\c2ccccn2)N(c2ccccc2)C1=O. The third-order valence-electron chi connectivity index (χ3n) is 3.29. The first-order valence-electron chi connectivity index (χ1n) is 7.18. The van der Waals surface area contributed by atoms with Gasteiger partial charge in [-0.3, -0.25) is 14.7 Å². The summed E-state index contributed by atoms with van der Waals surface area (Å²) in [6, 6.07) is 15.0. The van der Waals surface area contributed by atoms with Crippen LogP contribution in [0.25, 0.3) is 0 Å². The van der Waals surface area contributed by atoms with Crippen molar-refractivity contribution in [2.45, 2.75) is 18.6 Å². The Balaban J connectivity index is 1.91. The Kier molecular flexibility index (Phi) is 4.25. The highest BCUT2D eigenvalue weighted by Crippen LogP contribution is 2.39. The topological polar surface area (TPSA) is 57.9 Å². The maximum atomic E-state index is 12.6. The molecular weight excluding hydrogens is 308 g/mol. The van der Waals surface area contributed by atoms with Crippen molar-refractivity contribution >= 4 is 34.7 Å². The summed E-state index contributed by atoms with van der Waals surface area (Å²) in [5, 5.41) is 8.89. The van der Waals surface area contributed by atoms with E-state index in [1.165, 1.54) is 11.8 Å². The van der Waals surface area contributed by atoms with Gasteiger partial charge < -0.3 is 0 Å². The van der Waals surface area contributed by atoms with Gasteiger partial charge in [0.2, 0.25) is 5.91 Å². The molecule has 1 aliphatic rings. The van der Waals surface area contributed by atoms with Crippen molar-refractivity contribution < 1.29 is 4.79 Å². The van der Waals surface area contributed by atoms with Crippen LogP contribution in [0.5, 0.6) is 0 Å². The van der Waals surface area contributed by atoms with Crippen LogP contribution < -0.4 is 4.90 Å². The van der Waals surface area contributed by atoms with Gasteiger partial charge in [-0.25, -0.2) is 0 Å². The summed E-state index contributed by atoms with van der Waals surface area (Å²) in [5.41, 5.74) is 1.51. The molecule has 0 aliphatic carbocycles. The summed E-state index contributed by atoms with van der Waals surface area (Å²) in [4.78, 5) is 18.4. The maximum absolute atomic E-state index is 12.6. The van der Waals surface area contributed by atoms with E-state index in [2.05, 4.69) is 15.2 Å². The number of nitrogens with zero attached hydrogens (tertiary/aromatic N) is 4. The van der Waals surface area contributed by atoms with Gasteiger partial charge >= 0.3 is 0 Å². The molecule has 0 spiro atoms. The minimum absolute atomic E-state index is 0.000450. The van der Waals surface area contributed by atoms with Gasteiger partial charge in [0.15, 0.2) is 5.17 Å². The Labute approximate surface area is 139 Å². The van der Waals surface area contributed by atoms with Crippen LogP contribution in [0.2, 0.25) is 0 Å². The number of rotatable bonds is 3. The largest absolute Gasteiger partial charge is 0.272 e. The molecule has 1 amide bonds. The van der Waals surface area contributed by atoms with Crippen molar-refractivity contribution in [3.05, 3.63) is 60.4 Å². The molecule has 0 unspecified atom stereocenters.